The maximum Gasteiger partial charge on any atom is 0.416 e. The third kappa shape index (κ3) is 3.81. The molecule has 0 saturated carbocycles. The van der Waals surface area contributed by atoms with E-state index in [-0.39, 0.29) is 11.4 Å². The van der Waals surface area contributed by atoms with E-state index < -0.39 is 17.6 Å². The van der Waals surface area contributed by atoms with Crippen LogP contribution in [0.1, 0.15) is 21.5 Å². The summed E-state index contributed by atoms with van der Waals surface area (Å²) in [5.41, 5.74) is 0.954. The van der Waals surface area contributed by atoms with Gasteiger partial charge < -0.3 is 10.3 Å². The molecule has 1 amide bonds. The number of aromatic amines is 1. The van der Waals surface area contributed by atoms with Crippen molar-refractivity contribution in [3.05, 3.63) is 71.2 Å². The Hall–Kier alpha value is -2.83. The fourth-order valence-electron chi connectivity index (χ4n) is 2.59. The number of alkyl halides is 3. The third-order valence-corrected chi connectivity index (χ3v) is 3.88. The van der Waals surface area contributed by atoms with Crippen molar-refractivity contribution in [1.82, 2.24) is 10.3 Å². The Morgan fingerprint density at radius 1 is 1.08 bits per heavy atom. The van der Waals surface area contributed by atoms with Gasteiger partial charge in [-0.15, -0.1) is 0 Å². The van der Waals surface area contributed by atoms with Crippen LogP contribution in [0.25, 0.3) is 10.9 Å². The minimum Gasteiger partial charge on any atom is -0.361 e. The number of carbonyl (C=O) groups is 1. The Balaban J connectivity index is 1.60. The molecule has 2 N–H and O–H groups in total. The number of fused-ring (bicyclic) bond motifs is 1. The number of benzene rings is 2. The lowest BCUT2D eigenvalue weighted by atomic mass is 10.1. The molecular formula is C18H14F4N2O. The minimum absolute atomic E-state index is 0.161. The maximum absolute atomic E-state index is 13.1. The van der Waals surface area contributed by atoms with Gasteiger partial charge in [0.05, 0.1) is 5.56 Å². The van der Waals surface area contributed by atoms with Gasteiger partial charge in [0.25, 0.3) is 5.91 Å². The van der Waals surface area contributed by atoms with E-state index in [1.165, 1.54) is 12.1 Å². The van der Waals surface area contributed by atoms with Crippen LogP contribution in [0, 0.1) is 5.82 Å². The SMILES string of the molecule is O=C(NCCc1c[nH]c2cc(F)ccc12)c1ccc(C(F)(F)F)cc1. The van der Waals surface area contributed by atoms with Gasteiger partial charge in [-0.25, -0.2) is 4.39 Å². The van der Waals surface area contributed by atoms with Gasteiger partial charge in [-0.1, -0.05) is 0 Å². The molecule has 3 aromatic rings. The van der Waals surface area contributed by atoms with Crippen LogP contribution in [0.5, 0.6) is 0 Å². The predicted octanol–water partition coefficient (Wildman–Crippen LogP) is 4.30. The van der Waals surface area contributed by atoms with E-state index >= 15 is 0 Å². The average molecular weight is 350 g/mol. The Morgan fingerprint density at radius 3 is 2.48 bits per heavy atom. The first kappa shape index (κ1) is 17.0. The predicted molar refractivity (Wildman–Crippen MR) is 85.7 cm³/mol. The van der Waals surface area contributed by atoms with E-state index in [9.17, 15) is 22.4 Å². The average Bonchev–Trinajstić information content (AvgIpc) is 2.96. The first-order chi connectivity index (χ1) is 11.8. The molecule has 3 rings (SSSR count). The number of hydrogen-bond donors (Lipinski definition) is 2. The molecule has 0 atom stereocenters. The number of carbonyl (C=O) groups excluding carboxylic acids is 1. The van der Waals surface area contributed by atoms with Gasteiger partial charge in [-0.05, 0) is 54.4 Å². The second-order valence-corrected chi connectivity index (χ2v) is 5.58. The van der Waals surface area contributed by atoms with Crippen molar-refractivity contribution < 1.29 is 22.4 Å². The highest BCUT2D eigenvalue weighted by Crippen LogP contribution is 2.29. The molecule has 0 radical (unpaired) electrons. The van der Waals surface area contributed by atoms with Crippen LogP contribution < -0.4 is 5.32 Å². The lowest BCUT2D eigenvalue weighted by Crippen LogP contribution is -2.25. The van der Waals surface area contributed by atoms with E-state index in [1.807, 2.05) is 0 Å². The number of rotatable bonds is 4. The van der Waals surface area contributed by atoms with Gasteiger partial charge in [0.1, 0.15) is 5.82 Å². The van der Waals surface area contributed by atoms with Crippen molar-refractivity contribution in [3.8, 4) is 0 Å². The number of amides is 1. The van der Waals surface area contributed by atoms with Crippen molar-refractivity contribution in [2.45, 2.75) is 12.6 Å². The molecule has 0 aliphatic carbocycles. The van der Waals surface area contributed by atoms with Crippen LogP contribution in [0.4, 0.5) is 17.6 Å². The molecule has 0 aliphatic rings. The maximum atomic E-state index is 13.1. The van der Waals surface area contributed by atoms with Crippen LogP contribution in [0.3, 0.4) is 0 Å². The quantitative estimate of drug-likeness (QED) is 0.677. The summed E-state index contributed by atoms with van der Waals surface area (Å²) in [6.07, 6.45) is -2.17. The molecule has 2 aromatic carbocycles. The third-order valence-electron chi connectivity index (χ3n) is 3.88. The zero-order valence-electron chi connectivity index (χ0n) is 13.0. The van der Waals surface area contributed by atoms with Gasteiger partial charge in [0.15, 0.2) is 0 Å². The summed E-state index contributed by atoms with van der Waals surface area (Å²) < 4.78 is 50.7. The summed E-state index contributed by atoms with van der Waals surface area (Å²) in [6, 6.07) is 8.46. The summed E-state index contributed by atoms with van der Waals surface area (Å²) in [4.78, 5) is 15.0. The molecule has 0 aliphatic heterocycles. The molecule has 1 aromatic heterocycles. The fourth-order valence-corrected chi connectivity index (χ4v) is 2.59. The molecule has 130 valence electrons. The first-order valence-corrected chi connectivity index (χ1v) is 7.55. The first-order valence-electron chi connectivity index (χ1n) is 7.55. The fraction of sp³-hybridized carbons (Fsp3) is 0.167. The van der Waals surface area contributed by atoms with Crippen LogP contribution in [-0.2, 0) is 12.6 Å². The monoisotopic (exact) mass is 350 g/mol. The number of halogens is 4. The van der Waals surface area contributed by atoms with Crippen LogP contribution in [-0.4, -0.2) is 17.4 Å². The zero-order valence-corrected chi connectivity index (χ0v) is 13.0. The summed E-state index contributed by atoms with van der Waals surface area (Å²) >= 11 is 0. The van der Waals surface area contributed by atoms with Gasteiger partial charge in [-0.3, -0.25) is 4.79 Å². The normalized spacial score (nSPS) is 11.7. The molecule has 0 bridgehead atoms. The van der Waals surface area contributed by atoms with Crippen LogP contribution in [0.2, 0.25) is 0 Å². The molecule has 1 heterocycles. The minimum atomic E-state index is -4.43. The molecule has 7 heteroatoms. The summed E-state index contributed by atoms with van der Waals surface area (Å²) in [7, 11) is 0. The van der Waals surface area contributed by atoms with Gasteiger partial charge >= 0.3 is 6.18 Å². The van der Waals surface area contributed by atoms with Gasteiger partial charge in [0, 0.05) is 29.2 Å². The number of H-pyrrole nitrogens is 1. The molecule has 0 saturated heterocycles. The summed E-state index contributed by atoms with van der Waals surface area (Å²) in [5, 5.41) is 3.53. The van der Waals surface area contributed by atoms with Crippen molar-refractivity contribution in [3.63, 3.8) is 0 Å². The second-order valence-electron chi connectivity index (χ2n) is 5.58. The van der Waals surface area contributed by atoms with Gasteiger partial charge in [-0.2, -0.15) is 13.2 Å². The number of hydrogen-bond acceptors (Lipinski definition) is 1. The van der Waals surface area contributed by atoms with E-state index in [4.69, 9.17) is 0 Å². The van der Waals surface area contributed by atoms with Crippen molar-refractivity contribution in [1.29, 1.82) is 0 Å². The highest BCUT2D eigenvalue weighted by atomic mass is 19.4. The summed E-state index contributed by atoms with van der Waals surface area (Å²) in [6.45, 7) is 0.310. The van der Waals surface area contributed by atoms with Crippen molar-refractivity contribution in [2.75, 3.05) is 6.54 Å². The Bertz CT molecular complexity index is 898. The van der Waals surface area contributed by atoms with Crippen LogP contribution >= 0.6 is 0 Å². The largest absolute Gasteiger partial charge is 0.416 e. The molecule has 3 nitrogen and oxygen atoms in total. The van der Waals surface area contributed by atoms with E-state index in [0.29, 0.717) is 18.5 Å². The van der Waals surface area contributed by atoms with Crippen LogP contribution in [0.15, 0.2) is 48.7 Å². The van der Waals surface area contributed by atoms with Crippen molar-refractivity contribution >= 4 is 16.8 Å². The van der Waals surface area contributed by atoms with E-state index in [0.717, 1.165) is 35.2 Å². The molecule has 0 unspecified atom stereocenters. The van der Waals surface area contributed by atoms with Gasteiger partial charge in [0.2, 0.25) is 0 Å². The molecular weight excluding hydrogens is 336 g/mol. The van der Waals surface area contributed by atoms with Crippen molar-refractivity contribution in [2.24, 2.45) is 0 Å². The molecule has 0 fully saturated rings. The Labute approximate surface area is 140 Å². The molecule has 25 heavy (non-hydrogen) atoms. The van der Waals surface area contributed by atoms with E-state index in [2.05, 4.69) is 10.3 Å². The number of nitrogens with one attached hydrogen (secondary N) is 2. The second kappa shape index (κ2) is 6.58. The lowest BCUT2D eigenvalue weighted by molar-refractivity contribution is -0.137. The number of aromatic nitrogens is 1. The smallest absolute Gasteiger partial charge is 0.361 e. The highest BCUT2D eigenvalue weighted by Gasteiger charge is 2.30. The Kier molecular flexibility index (Phi) is 4.48. The standard InChI is InChI=1S/C18H14F4N2O/c19-14-5-6-15-12(10-24-16(15)9-14)7-8-23-17(25)11-1-3-13(4-2-11)18(20,21)22/h1-6,9-10,24H,7-8H2,(H,23,25). The Morgan fingerprint density at radius 2 is 1.80 bits per heavy atom. The topological polar surface area (TPSA) is 44.9 Å². The van der Waals surface area contributed by atoms with E-state index in [1.54, 1.807) is 12.3 Å². The molecule has 0 spiro atoms. The highest BCUT2D eigenvalue weighted by molar-refractivity contribution is 5.94. The lowest BCUT2D eigenvalue weighted by Gasteiger charge is -2.08. The summed E-state index contributed by atoms with van der Waals surface area (Å²) in [5.74, 6) is -0.781. The zero-order chi connectivity index (χ0) is 18.0.